The molecule has 1 atom stereocenters. The first-order valence-corrected chi connectivity index (χ1v) is 10.5. The Morgan fingerprint density at radius 1 is 1.24 bits per heavy atom. The molecule has 1 aliphatic rings. The van der Waals surface area contributed by atoms with Gasteiger partial charge in [-0.15, -0.1) is 11.3 Å². The number of aryl methyl sites for hydroxylation is 1. The minimum absolute atomic E-state index is 0.400. The standard InChI is InChI=1S/C22H23N3O3S/c1-13-11-18(14(2)25(13)17-9-10-17)21(27)28-15(3)20(26)24-22-23-19(12-29-22)16-7-5-4-6-8-16/h4-8,11-12,15,17H,9-10H2,1-3H3,(H,23,24,26)/t15-/m1/s1. The Bertz CT molecular complexity index is 1050. The van der Waals surface area contributed by atoms with E-state index >= 15 is 0 Å². The van der Waals surface area contributed by atoms with Crippen LogP contribution in [0.3, 0.4) is 0 Å². The van der Waals surface area contributed by atoms with Gasteiger partial charge < -0.3 is 9.30 Å². The van der Waals surface area contributed by atoms with Gasteiger partial charge in [-0.25, -0.2) is 9.78 Å². The van der Waals surface area contributed by atoms with Gasteiger partial charge >= 0.3 is 5.97 Å². The van der Waals surface area contributed by atoms with Crippen LogP contribution in [0.5, 0.6) is 0 Å². The number of rotatable bonds is 6. The summed E-state index contributed by atoms with van der Waals surface area (Å²) < 4.78 is 7.61. The number of nitrogens with zero attached hydrogens (tertiary/aromatic N) is 2. The maximum Gasteiger partial charge on any atom is 0.340 e. The van der Waals surface area contributed by atoms with Gasteiger partial charge in [0.15, 0.2) is 11.2 Å². The van der Waals surface area contributed by atoms with Crippen molar-refractivity contribution in [2.75, 3.05) is 5.32 Å². The van der Waals surface area contributed by atoms with Gasteiger partial charge in [-0.2, -0.15) is 0 Å². The molecular weight excluding hydrogens is 386 g/mol. The van der Waals surface area contributed by atoms with E-state index in [1.54, 1.807) is 6.92 Å². The summed E-state index contributed by atoms with van der Waals surface area (Å²) in [6.45, 7) is 5.48. The van der Waals surface area contributed by atoms with Crippen LogP contribution in [-0.4, -0.2) is 27.5 Å². The molecule has 1 saturated carbocycles. The lowest BCUT2D eigenvalue weighted by molar-refractivity contribution is -0.123. The Hall–Kier alpha value is -2.93. The molecule has 0 aliphatic heterocycles. The van der Waals surface area contributed by atoms with Gasteiger partial charge in [0.25, 0.3) is 5.91 Å². The van der Waals surface area contributed by atoms with Gasteiger partial charge in [0.2, 0.25) is 0 Å². The van der Waals surface area contributed by atoms with Gasteiger partial charge in [0.05, 0.1) is 11.3 Å². The highest BCUT2D eigenvalue weighted by atomic mass is 32.1. The molecule has 1 aromatic carbocycles. The molecule has 150 valence electrons. The molecule has 0 radical (unpaired) electrons. The van der Waals surface area contributed by atoms with E-state index in [1.165, 1.54) is 11.3 Å². The monoisotopic (exact) mass is 409 g/mol. The molecule has 1 aliphatic carbocycles. The average molecular weight is 410 g/mol. The molecular formula is C22H23N3O3S. The van der Waals surface area contributed by atoms with E-state index in [0.717, 1.165) is 35.5 Å². The van der Waals surface area contributed by atoms with Crippen molar-refractivity contribution >= 4 is 28.3 Å². The van der Waals surface area contributed by atoms with Crippen molar-refractivity contribution in [2.45, 2.75) is 45.8 Å². The molecule has 2 heterocycles. The zero-order valence-electron chi connectivity index (χ0n) is 16.6. The van der Waals surface area contributed by atoms with Crippen molar-refractivity contribution in [3.05, 3.63) is 58.7 Å². The summed E-state index contributed by atoms with van der Waals surface area (Å²) in [5.41, 5.74) is 4.24. The molecule has 0 spiro atoms. The van der Waals surface area contributed by atoms with E-state index in [0.29, 0.717) is 16.7 Å². The van der Waals surface area contributed by atoms with E-state index in [4.69, 9.17) is 4.74 Å². The van der Waals surface area contributed by atoms with Crippen LogP contribution >= 0.6 is 11.3 Å². The van der Waals surface area contributed by atoms with Gasteiger partial charge in [-0.1, -0.05) is 30.3 Å². The number of benzene rings is 1. The number of thiazole rings is 1. The highest BCUT2D eigenvalue weighted by molar-refractivity contribution is 7.14. The van der Waals surface area contributed by atoms with Gasteiger partial charge in [-0.05, 0) is 39.7 Å². The lowest BCUT2D eigenvalue weighted by Crippen LogP contribution is -2.30. The molecule has 0 bridgehead atoms. The van der Waals surface area contributed by atoms with Gasteiger partial charge in [0.1, 0.15) is 0 Å². The summed E-state index contributed by atoms with van der Waals surface area (Å²) >= 11 is 1.34. The van der Waals surface area contributed by atoms with E-state index in [2.05, 4.69) is 14.9 Å². The first kappa shape index (κ1) is 19.4. The van der Waals surface area contributed by atoms with E-state index < -0.39 is 18.0 Å². The van der Waals surface area contributed by atoms with Crippen LogP contribution < -0.4 is 5.32 Å². The molecule has 1 N–H and O–H groups in total. The summed E-state index contributed by atoms with van der Waals surface area (Å²) in [6, 6.07) is 12.1. The third-order valence-corrected chi connectivity index (χ3v) is 5.83. The Kier molecular flexibility index (Phi) is 5.24. The van der Waals surface area contributed by atoms with Crippen LogP contribution in [0.15, 0.2) is 41.8 Å². The number of amides is 1. The molecule has 29 heavy (non-hydrogen) atoms. The lowest BCUT2D eigenvalue weighted by Gasteiger charge is -2.13. The summed E-state index contributed by atoms with van der Waals surface area (Å²) in [5, 5.41) is 5.09. The maximum atomic E-state index is 12.6. The fourth-order valence-electron chi connectivity index (χ4n) is 3.44. The number of ether oxygens (including phenoxy) is 1. The highest BCUT2D eigenvalue weighted by Crippen LogP contribution is 2.38. The van der Waals surface area contributed by atoms with Crippen LogP contribution in [0.2, 0.25) is 0 Å². The van der Waals surface area contributed by atoms with Gasteiger partial charge in [0, 0.05) is 28.4 Å². The average Bonchev–Trinajstić information content (AvgIpc) is 3.35. The van der Waals surface area contributed by atoms with E-state index in [1.807, 2.05) is 55.6 Å². The number of anilines is 1. The number of carbonyl (C=O) groups excluding carboxylic acids is 2. The van der Waals surface area contributed by atoms with Crippen molar-refractivity contribution in [2.24, 2.45) is 0 Å². The second-order valence-corrected chi connectivity index (χ2v) is 8.18. The lowest BCUT2D eigenvalue weighted by atomic mass is 10.2. The molecule has 0 saturated heterocycles. The third kappa shape index (κ3) is 4.10. The zero-order chi connectivity index (χ0) is 20.5. The third-order valence-electron chi connectivity index (χ3n) is 5.07. The molecule has 2 aromatic heterocycles. The quantitative estimate of drug-likeness (QED) is 0.597. The van der Waals surface area contributed by atoms with Crippen molar-refractivity contribution in [1.29, 1.82) is 0 Å². The second kappa shape index (κ2) is 7.83. The minimum atomic E-state index is -0.921. The Labute approximate surface area is 173 Å². The van der Waals surface area contributed by atoms with E-state index in [9.17, 15) is 9.59 Å². The number of aromatic nitrogens is 2. The fourth-order valence-corrected chi connectivity index (χ4v) is 4.16. The first-order chi connectivity index (χ1) is 13.9. The van der Waals surface area contributed by atoms with Crippen LogP contribution in [0, 0.1) is 13.8 Å². The van der Waals surface area contributed by atoms with Crippen LogP contribution in [0.1, 0.15) is 47.6 Å². The number of nitrogens with one attached hydrogen (secondary N) is 1. The Morgan fingerprint density at radius 3 is 2.66 bits per heavy atom. The molecule has 4 rings (SSSR count). The zero-order valence-corrected chi connectivity index (χ0v) is 17.5. The molecule has 3 aromatic rings. The van der Waals surface area contributed by atoms with Crippen LogP contribution in [0.4, 0.5) is 5.13 Å². The predicted octanol–water partition coefficient (Wildman–Crippen LogP) is 4.75. The fraction of sp³-hybridized carbons (Fsp3) is 0.318. The van der Waals surface area contributed by atoms with E-state index in [-0.39, 0.29) is 0 Å². The maximum absolute atomic E-state index is 12.6. The summed E-state index contributed by atoms with van der Waals surface area (Å²) in [5.74, 6) is -0.875. The van der Waals surface area contributed by atoms with Crippen molar-refractivity contribution < 1.29 is 14.3 Å². The highest BCUT2D eigenvalue weighted by Gasteiger charge is 2.29. The van der Waals surface area contributed by atoms with Crippen molar-refractivity contribution in [3.8, 4) is 11.3 Å². The van der Waals surface area contributed by atoms with Crippen molar-refractivity contribution in [1.82, 2.24) is 9.55 Å². The summed E-state index contributed by atoms with van der Waals surface area (Å²) in [4.78, 5) is 29.5. The minimum Gasteiger partial charge on any atom is -0.449 e. The first-order valence-electron chi connectivity index (χ1n) is 9.65. The molecule has 1 fully saturated rings. The normalized spacial score (nSPS) is 14.4. The number of hydrogen-bond acceptors (Lipinski definition) is 5. The Balaban J connectivity index is 1.39. The predicted molar refractivity (Wildman–Crippen MR) is 113 cm³/mol. The molecule has 7 heteroatoms. The molecule has 0 unspecified atom stereocenters. The molecule has 1 amide bonds. The van der Waals surface area contributed by atoms with Crippen molar-refractivity contribution in [3.63, 3.8) is 0 Å². The smallest absolute Gasteiger partial charge is 0.340 e. The second-order valence-electron chi connectivity index (χ2n) is 7.33. The summed E-state index contributed by atoms with van der Waals surface area (Å²) in [6.07, 6.45) is 1.36. The van der Waals surface area contributed by atoms with Crippen LogP contribution in [-0.2, 0) is 9.53 Å². The van der Waals surface area contributed by atoms with Crippen LogP contribution in [0.25, 0.3) is 11.3 Å². The SMILES string of the molecule is Cc1cc(C(=O)O[C@H](C)C(=O)Nc2nc(-c3ccccc3)cs2)c(C)n1C1CC1. The topological polar surface area (TPSA) is 73.2 Å². The number of hydrogen-bond donors (Lipinski definition) is 1. The Morgan fingerprint density at radius 2 is 1.97 bits per heavy atom. The van der Waals surface area contributed by atoms with Gasteiger partial charge in [-0.3, -0.25) is 10.1 Å². The molecule has 6 nitrogen and oxygen atoms in total. The number of esters is 1. The number of carbonyl (C=O) groups is 2. The summed E-state index contributed by atoms with van der Waals surface area (Å²) in [7, 11) is 0. The largest absolute Gasteiger partial charge is 0.449 e.